The van der Waals surface area contributed by atoms with E-state index in [4.69, 9.17) is 9.47 Å². The highest BCUT2D eigenvalue weighted by Crippen LogP contribution is 2.87. The van der Waals surface area contributed by atoms with E-state index in [1.165, 1.54) is 102 Å². The molecule has 1 atom stereocenters. The minimum Gasteiger partial charge on any atom is -0.493 e. The van der Waals surface area contributed by atoms with Crippen molar-refractivity contribution in [1.82, 2.24) is 4.90 Å². The number of halogens is 1. The largest absolute Gasteiger partial charge is 0.493 e. The van der Waals surface area contributed by atoms with Gasteiger partial charge in [0.1, 0.15) is 11.5 Å². The van der Waals surface area contributed by atoms with Crippen molar-refractivity contribution in [2.75, 3.05) is 37.5 Å². The normalized spacial score (nSPS) is 19.2. The lowest BCUT2D eigenvalue weighted by Gasteiger charge is -2.52. The van der Waals surface area contributed by atoms with E-state index in [9.17, 15) is 4.79 Å². The number of carbonyl (C=O) groups is 1. The van der Waals surface area contributed by atoms with E-state index in [2.05, 4.69) is 83.1 Å². The number of nitrogens with zero attached hydrogens (tertiary/aromatic N) is 1. The number of carbonyl (C=O) groups excluding carboxylic acids is 1. The predicted octanol–water partition coefficient (Wildman–Crippen LogP) is 29.1. The maximum Gasteiger partial charge on any atom is 0.224 e. The molecule has 30 aromatic carbocycles. The van der Waals surface area contributed by atoms with Gasteiger partial charge >= 0.3 is 0 Å². The quantitative estimate of drug-likeness (QED) is 0.0220. The number of benzene rings is 20. The molecular formula is C105H69BrN2O3. The lowest BCUT2D eigenvalue weighted by Crippen LogP contribution is -2.52. The number of hydrogen-bond donors (Lipinski definition) is 1. The molecule has 4 aliphatic carbocycles. The van der Waals surface area contributed by atoms with Gasteiger partial charge in [-0.3, -0.25) is 9.69 Å². The number of likely N-dealkylation sites (tertiary alicyclic amines) is 1. The average Bonchev–Trinajstić information content (AvgIpc) is 1.38. The van der Waals surface area contributed by atoms with Gasteiger partial charge in [0, 0.05) is 35.1 Å². The third-order valence-electron chi connectivity index (χ3n) is 33.9. The monoisotopic (exact) mass is 1480 g/mol. The molecule has 111 heavy (non-hydrogen) atoms. The van der Waals surface area contributed by atoms with Crippen LogP contribution in [0.4, 0.5) is 5.69 Å². The molecule has 524 valence electrons. The minimum atomic E-state index is -0.571. The number of likely N-dealkylation sites (N-methyl/N-ethyl adjacent to an activating group) is 1. The Hall–Kier alpha value is -10.0. The summed E-state index contributed by atoms with van der Waals surface area (Å²) in [7, 11) is 2.58. The second-order valence-corrected chi connectivity index (χ2v) is 38.7. The molecule has 0 saturated carbocycles. The van der Waals surface area contributed by atoms with Crippen LogP contribution >= 0.6 is 15.9 Å². The summed E-state index contributed by atoms with van der Waals surface area (Å²) < 4.78 is 15.4. The highest BCUT2D eigenvalue weighted by molar-refractivity contribution is 9.09. The van der Waals surface area contributed by atoms with E-state index < -0.39 is 10.8 Å². The van der Waals surface area contributed by atoms with Gasteiger partial charge in [0.05, 0.1) is 35.6 Å². The number of rotatable bonds is 29. The van der Waals surface area contributed by atoms with Gasteiger partial charge in [0.15, 0.2) is 0 Å². The Morgan fingerprint density at radius 3 is 1.01 bits per heavy atom. The molecule has 1 heterocycles. The van der Waals surface area contributed by atoms with Crippen molar-refractivity contribution < 1.29 is 14.3 Å². The fourth-order valence-corrected chi connectivity index (χ4v) is 31.8. The lowest BCUT2D eigenvalue weighted by molar-refractivity contribution is -0.116. The number of nitrogens with one attached hydrogen (secondary N) is 1. The summed E-state index contributed by atoms with van der Waals surface area (Å²) in [6.45, 7) is 6.84. The van der Waals surface area contributed by atoms with Crippen LogP contribution in [0.15, 0.2) is 36.4 Å². The Balaban J connectivity index is 0.665. The predicted molar refractivity (Wildman–Crippen MR) is 474 cm³/mol. The van der Waals surface area contributed by atoms with Crippen molar-refractivity contribution in [2.24, 2.45) is 0 Å². The van der Waals surface area contributed by atoms with E-state index >= 15 is 0 Å². The first-order chi connectivity index (χ1) is 55.0. The smallest absolute Gasteiger partial charge is 0.224 e. The molecule has 0 radical (unpaired) electrons. The molecule has 0 bridgehead atoms. The second kappa shape index (κ2) is 17.0. The van der Waals surface area contributed by atoms with Crippen molar-refractivity contribution in [3.63, 3.8) is 0 Å². The van der Waals surface area contributed by atoms with E-state index in [0.29, 0.717) is 19.6 Å². The van der Waals surface area contributed by atoms with Crippen molar-refractivity contribution >= 4 is 318 Å². The van der Waals surface area contributed by atoms with Crippen molar-refractivity contribution in [3.8, 4) is 23.3 Å². The van der Waals surface area contributed by atoms with E-state index in [0.717, 1.165) is 78.7 Å². The van der Waals surface area contributed by atoms with Crippen LogP contribution in [0.2, 0.25) is 0 Å². The third-order valence-corrected chi connectivity index (χ3v) is 34.4. The number of ether oxygens (including phenoxy) is 2. The van der Waals surface area contributed by atoms with Crippen LogP contribution in [0.1, 0.15) is 200 Å². The summed E-state index contributed by atoms with van der Waals surface area (Å²) in [5.41, 5.74) is 9.67. The highest BCUT2D eigenvalue weighted by Gasteiger charge is 2.76. The number of alkyl halides is 1. The molecule has 1 N–H and O–H groups in total. The maximum absolute atomic E-state index is 13.4. The van der Waals surface area contributed by atoms with Crippen LogP contribution < -0.4 is 14.8 Å². The molecule has 30 aromatic rings. The van der Waals surface area contributed by atoms with Crippen LogP contribution in [-0.2, 0) is 15.6 Å². The van der Waals surface area contributed by atoms with Crippen molar-refractivity contribution in [3.05, 3.63) is 75.3 Å². The summed E-state index contributed by atoms with van der Waals surface area (Å²) in [5, 5.41) is 92.5. The highest BCUT2D eigenvalue weighted by atomic mass is 79.9. The van der Waals surface area contributed by atoms with E-state index in [1.807, 2.05) is 12.1 Å². The molecular weight excluding hydrogens is 1420 g/mol. The molecule has 35 rings (SSSR count). The van der Waals surface area contributed by atoms with Gasteiger partial charge in [0.2, 0.25) is 5.91 Å². The summed E-state index contributed by atoms with van der Waals surface area (Å²) in [4.78, 5) is 16.4. The molecule has 5 nitrogen and oxygen atoms in total. The van der Waals surface area contributed by atoms with E-state index in [-0.39, 0.29) is 11.9 Å². The topological polar surface area (TPSA) is 50.8 Å². The molecule has 1 unspecified atom stereocenters. The Morgan fingerprint density at radius 2 is 0.667 bits per heavy atom. The molecule has 1 fully saturated rings. The van der Waals surface area contributed by atoms with Gasteiger partial charge in [-0.1, -0.05) is 151 Å². The standard InChI is InChI=1S/C105H69BrN2O3/c1-4-6-8-10-19-23-33-110-42-36-41(43(111-34-24-20-11-9-7-5-2)35-39(42)29-26-38-27-30-40(31-28-38)107-44(109)25-21-17-15-13-12-14-16-18-22-32-106)103-105-101-95-89-79-67-59-51-47-45-46-49-53(51)61(67)71-65-57(49)58-50(46)54-52-48(45)56-55(47)63-69(59)77-83-73(63)74-64(56)70-60(52)68-62(54)72-66(58)76-75(65)87(81(71)89)97(101)98-88(76)82(72)90-80(68)86-78(70)84(74)92-91(83)99(93(95)85(77)79)104(105,37-108(103)3)100(92)94(86)96(90)102(98)105/h27-28,30-31,35-36,103H,4-25,32-34,37H2,1-3H3,(H,107,109). The Bertz CT molecular complexity index is 8690. The number of anilines is 1. The van der Waals surface area contributed by atoms with Gasteiger partial charge in [-0.2, -0.15) is 0 Å². The van der Waals surface area contributed by atoms with Gasteiger partial charge in [-0.15, -0.1) is 0 Å². The summed E-state index contributed by atoms with van der Waals surface area (Å²) in [6.07, 6.45) is 25.9. The molecule has 2 spiro atoms. The lowest BCUT2D eigenvalue weighted by atomic mass is 9.47. The molecule has 6 heteroatoms. The number of unbranched alkanes of at least 4 members (excludes halogenated alkanes) is 18. The molecule has 5 aliphatic rings. The first-order valence-corrected chi connectivity index (χ1v) is 44.5. The average molecular weight is 1490 g/mol. The molecule has 1 amide bonds. The summed E-state index contributed by atoms with van der Waals surface area (Å²) in [6, 6.07) is 13.1. The number of hydrogen-bond acceptors (Lipinski definition) is 4. The third kappa shape index (κ3) is 4.80. The van der Waals surface area contributed by atoms with E-state index in [1.54, 1.807) is 313 Å². The van der Waals surface area contributed by atoms with Crippen molar-refractivity contribution in [2.45, 2.75) is 172 Å². The van der Waals surface area contributed by atoms with Crippen LogP contribution in [0.25, 0.3) is 291 Å². The molecule has 1 saturated heterocycles. The fraction of sp³-hybridized carbons (Fsp3) is 0.305. The first-order valence-electron chi connectivity index (χ1n) is 43.4. The second-order valence-electron chi connectivity index (χ2n) is 37.9. The van der Waals surface area contributed by atoms with Gasteiger partial charge < -0.3 is 14.8 Å². The van der Waals surface area contributed by atoms with Crippen LogP contribution in [0.3, 0.4) is 0 Å². The van der Waals surface area contributed by atoms with Gasteiger partial charge in [0.25, 0.3) is 0 Å². The Kier molecular flexibility index (Phi) is 8.61. The minimum absolute atomic E-state index is 0.0924. The SMILES string of the molecule is CCCCCCCCOc1cc(C2N(C)CC34c5c6c7c8c9c%10c(c%11c%12c3c3c5c5c%13c6c6c7c7c9c9c%14c%10c%10c%11c%11c%12c%12c3c3c5c5c%13c%13c6c6c7c9c7c9c%14c%10c%10c%11c%11c%12c3c3c5c5c%13c6c7c6c9c%10c%11c3c56)C824)c(OCCCCCCCC)cc1C#Cc1ccc(NC(=O)CCCCCCCCCCCBr)cc1. The summed E-state index contributed by atoms with van der Waals surface area (Å²) in [5.74, 6) is 9.51. The van der Waals surface area contributed by atoms with Gasteiger partial charge in [-0.05, 0) is 382 Å². The molecule has 1 aliphatic heterocycles. The Labute approximate surface area is 641 Å². The van der Waals surface area contributed by atoms with Crippen LogP contribution in [0, 0.1) is 11.8 Å². The molecule has 0 aromatic heterocycles. The van der Waals surface area contributed by atoms with Crippen molar-refractivity contribution in [1.29, 1.82) is 0 Å². The van der Waals surface area contributed by atoms with Gasteiger partial charge in [-0.25, -0.2) is 0 Å². The fourth-order valence-electron chi connectivity index (χ4n) is 31.4. The maximum atomic E-state index is 13.4. The summed E-state index contributed by atoms with van der Waals surface area (Å²) >= 11 is 3.57. The zero-order valence-electron chi connectivity index (χ0n) is 62.5. The Morgan fingerprint density at radius 1 is 0.369 bits per heavy atom. The van der Waals surface area contributed by atoms with Crippen LogP contribution in [0.5, 0.6) is 11.5 Å². The number of amides is 1. The van der Waals surface area contributed by atoms with Crippen LogP contribution in [-0.4, -0.2) is 42.9 Å². The first kappa shape index (κ1) is 56.2. The zero-order chi connectivity index (χ0) is 70.8. The zero-order valence-corrected chi connectivity index (χ0v) is 64.1.